The molecule has 1 aliphatic rings. The van der Waals surface area contributed by atoms with E-state index in [0.29, 0.717) is 17.7 Å². The Hall–Kier alpha value is -3.59. The number of rotatable bonds is 6. The van der Waals surface area contributed by atoms with Crippen molar-refractivity contribution in [3.05, 3.63) is 77.5 Å². The SMILES string of the molecule is Cc1c(C(=O)NCc2ccc(N3CC(C)OC(C)C3)nc2)cccc1-c1ccc(OC(F)(F)F)cc1. The Morgan fingerprint density at radius 1 is 1.08 bits per heavy atom. The van der Waals surface area contributed by atoms with Gasteiger partial charge in [-0.2, -0.15) is 0 Å². The van der Waals surface area contributed by atoms with E-state index in [1.165, 1.54) is 24.3 Å². The van der Waals surface area contributed by atoms with Crippen LogP contribution in [0.15, 0.2) is 60.8 Å². The molecule has 0 spiro atoms. The van der Waals surface area contributed by atoms with Crippen LogP contribution in [-0.4, -0.2) is 42.6 Å². The third-order valence-corrected chi connectivity index (χ3v) is 5.98. The lowest BCUT2D eigenvalue weighted by Crippen LogP contribution is -2.45. The van der Waals surface area contributed by atoms with Gasteiger partial charge in [0.2, 0.25) is 0 Å². The second-order valence-corrected chi connectivity index (χ2v) is 8.92. The summed E-state index contributed by atoms with van der Waals surface area (Å²) in [5.74, 6) is 0.337. The molecule has 36 heavy (non-hydrogen) atoms. The molecule has 3 aromatic rings. The zero-order valence-corrected chi connectivity index (χ0v) is 20.3. The van der Waals surface area contributed by atoms with Crippen molar-refractivity contribution >= 4 is 11.7 Å². The number of morpholine rings is 1. The van der Waals surface area contributed by atoms with Crippen LogP contribution >= 0.6 is 0 Å². The molecule has 2 unspecified atom stereocenters. The molecule has 6 nitrogen and oxygen atoms in total. The van der Waals surface area contributed by atoms with Crippen molar-refractivity contribution in [2.45, 2.75) is 45.9 Å². The summed E-state index contributed by atoms with van der Waals surface area (Å²) in [6, 6.07) is 14.8. The number of halogens is 3. The van der Waals surface area contributed by atoms with Crippen molar-refractivity contribution in [3.63, 3.8) is 0 Å². The second-order valence-electron chi connectivity index (χ2n) is 8.92. The molecule has 2 heterocycles. The number of alkyl halides is 3. The van der Waals surface area contributed by atoms with E-state index in [-0.39, 0.29) is 23.9 Å². The quantitative estimate of drug-likeness (QED) is 0.485. The van der Waals surface area contributed by atoms with Crippen molar-refractivity contribution in [3.8, 4) is 16.9 Å². The molecule has 2 aromatic carbocycles. The highest BCUT2D eigenvalue weighted by Gasteiger charge is 2.31. The Morgan fingerprint density at radius 3 is 2.39 bits per heavy atom. The lowest BCUT2D eigenvalue weighted by molar-refractivity contribution is -0.274. The number of nitrogens with one attached hydrogen (secondary N) is 1. The number of amides is 1. The molecule has 1 saturated heterocycles. The number of anilines is 1. The Labute approximate surface area is 208 Å². The van der Waals surface area contributed by atoms with Gasteiger partial charge < -0.3 is 19.7 Å². The van der Waals surface area contributed by atoms with E-state index in [9.17, 15) is 18.0 Å². The fourth-order valence-electron chi connectivity index (χ4n) is 4.38. The van der Waals surface area contributed by atoms with Crippen LogP contribution in [-0.2, 0) is 11.3 Å². The normalized spacial score (nSPS) is 18.1. The first-order valence-electron chi connectivity index (χ1n) is 11.7. The molecular weight excluding hydrogens is 471 g/mol. The van der Waals surface area contributed by atoms with Gasteiger partial charge in [-0.1, -0.05) is 30.3 Å². The number of carbonyl (C=O) groups excluding carboxylic acids is 1. The van der Waals surface area contributed by atoms with Crippen LogP contribution in [0.5, 0.6) is 5.75 Å². The first-order valence-corrected chi connectivity index (χ1v) is 11.7. The molecule has 1 N–H and O–H groups in total. The standard InChI is InChI=1S/C27H28F3N3O3/c1-17-15-33(16-18(2)35-17)25-12-7-20(13-31-25)14-32-26(34)24-6-4-5-23(19(24)3)21-8-10-22(11-9-21)36-27(28,29)30/h4-13,17-18H,14-16H2,1-3H3,(H,32,34). The summed E-state index contributed by atoms with van der Waals surface area (Å²) in [7, 11) is 0. The third kappa shape index (κ3) is 6.34. The third-order valence-electron chi connectivity index (χ3n) is 5.98. The van der Waals surface area contributed by atoms with Crippen LogP contribution in [0, 0.1) is 6.92 Å². The zero-order chi connectivity index (χ0) is 25.9. The molecule has 0 aliphatic carbocycles. The van der Waals surface area contributed by atoms with Crippen LogP contribution in [0.25, 0.3) is 11.1 Å². The fourth-order valence-corrected chi connectivity index (χ4v) is 4.38. The number of carbonyl (C=O) groups is 1. The topological polar surface area (TPSA) is 63.7 Å². The Balaban J connectivity index is 1.40. The summed E-state index contributed by atoms with van der Waals surface area (Å²) in [5, 5.41) is 2.93. The average Bonchev–Trinajstić information content (AvgIpc) is 2.82. The number of hydrogen-bond acceptors (Lipinski definition) is 5. The van der Waals surface area contributed by atoms with Gasteiger partial charge in [0, 0.05) is 31.4 Å². The van der Waals surface area contributed by atoms with E-state index >= 15 is 0 Å². The number of pyridine rings is 1. The van der Waals surface area contributed by atoms with Gasteiger partial charge in [0.1, 0.15) is 11.6 Å². The maximum atomic E-state index is 12.9. The van der Waals surface area contributed by atoms with Crippen LogP contribution in [0.3, 0.4) is 0 Å². The molecule has 0 saturated carbocycles. The van der Waals surface area contributed by atoms with Gasteiger partial charge in [-0.25, -0.2) is 4.98 Å². The number of aromatic nitrogens is 1. The highest BCUT2D eigenvalue weighted by atomic mass is 19.4. The molecular formula is C27H28F3N3O3. The van der Waals surface area contributed by atoms with Crippen LogP contribution in [0.2, 0.25) is 0 Å². The van der Waals surface area contributed by atoms with Gasteiger partial charge in [0.25, 0.3) is 5.91 Å². The number of hydrogen-bond donors (Lipinski definition) is 1. The second kappa shape index (κ2) is 10.6. The van der Waals surface area contributed by atoms with E-state index in [0.717, 1.165) is 35.6 Å². The first kappa shape index (κ1) is 25.5. The summed E-state index contributed by atoms with van der Waals surface area (Å²) < 4.78 is 47.0. The van der Waals surface area contributed by atoms with Crippen molar-refractivity contribution in [1.29, 1.82) is 0 Å². The Bertz CT molecular complexity index is 1190. The first-order chi connectivity index (χ1) is 17.1. The minimum absolute atomic E-state index is 0.139. The van der Waals surface area contributed by atoms with E-state index in [1.54, 1.807) is 18.3 Å². The van der Waals surface area contributed by atoms with Gasteiger partial charge in [0.15, 0.2) is 0 Å². The van der Waals surface area contributed by atoms with Crippen molar-refractivity contribution < 1.29 is 27.4 Å². The predicted molar refractivity (Wildman–Crippen MR) is 131 cm³/mol. The minimum Gasteiger partial charge on any atom is -0.406 e. The summed E-state index contributed by atoms with van der Waals surface area (Å²) in [4.78, 5) is 19.7. The number of ether oxygens (including phenoxy) is 2. The fraction of sp³-hybridized carbons (Fsp3) is 0.333. The Kier molecular flexibility index (Phi) is 7.49. The Morgan fingerprint density at radius 2 is 1.78 bits per heavy atom. The summed E-state index contributed by atoms with van der Waals surface area (Å²) >= 11 is 0. The predicted octanol–water partition coefficient (Wildman–Crippen LogP) is 5.50. The van der Waals surface area contributed by atoms with Gasteiger partial charge in [-0.3, -0.25) is 4.79 Å². The highest BCUT2D eigenvalue weighted by molar-refractivity contribution is 5.97. The van der Waals surface area contributed by atoms with E-state index < -0.39 is 6.36 Å². The molecule has 2 atom stereocenters. The van der Waals surface area contributed by atoms with Crippen molar-refractivity contribution in [2.75, 3.05) is 18.0 Å². The van der Waals surface area contributed by atoms with E-state index in [1.807, 2.05) is 39.0 Å². The monoisotopic (exact) mass is 499 g/mol. The van der Waals surface area contributed by atoms with Crippen molar-refractivity contribution in [1.82, 2.24) is 10.3 Å². The lowest BCUT2D eigenvalue weighted by Gasteiger charge is -2.36. The zero-order valence-electron chi connectivity index (χ0n) is 20.3. The minimum atomic E-state index is -4.75. The molecule has 1 aromatic heterocycles. The van der Waals surface area contributed by atoms with E-state index in [2.05, 4.69) is 19.9 Å². The van der Waals surface area contributed by atoms with Gasteiger partial charge in [0.05, 0.1) is 12.2 Å². The van der Waals surface area contributed by atoms with E-state index in [4.69, 9.17) is 4.74 Å². The summed E-state index contributed by atoms with van der Waals surface area (Å²) in [6.45, 7) is 7.77. The molecule has 1 aliphatic heterocycles. The number of nitrogens with zero attached hydrogens (tertiary/aromatic N) is 2. The maximum Gasteiger partial charge on any atom is 0.573 e. The lowest BCUT2D eigenvalue weighted by atomic mass is 9.96. The number of benzene rings is 2. The molecule has 0 radical (unpaired) electrons. The maximum absolute atomic E-state index is 12.9. The van der Waals surface area contributed by atoms with Gasteiger partial charge >= 0.3 is 6.36 Å². The largest absolute Gasteiger partial charge is 0.573 e. The van der Waals surface area contributed by atoms with Gasteiger partial charge in [-0.15, -0.1) is 13.2 Å². The van der Waals surface area contributed by atoms with Crippen LogP contribution in [0.1, 0.15) is 35.3 Å². The summed E-state index contributed by atoms with van der Waals surface area (Å²) in [6.07, 6.45) is -2.71. The smallest absolute Gasteiger partial charge is 0.406 e. The molecule has 1 amide bonds. The van der Waals surface area contributed by atoms with Crippen LogP contribution < -0.4 is 15.0 Å². The van der Waals surface area contributed by atoms with Crippen molar-refractivity contribution in [2.24, 2.45) is 0 Å². The van der Waals surface area contributed by atoms with Gasteiger partial charge in [-0.05, 0) is 67.3 Å². The molecule has 1 fully saturated rings. The molecule has 4 rings (SSSR count). The van der Waals surface area contributed by atoms with Crippen LogP contribution in [0.4, 0.5) is 19.0 Å². The molecule has 190 valence electrons. The molecule has 0 bridgehead atoms. The molecule has 9 heteroatoms. The average molecular weight is 500 g/mol. The highest BCUT2D eigenvalue weighted by Crippen LogP contribution is 2.29. The summed E-state index contributed by atoms with van der Waals surface area (Å²) in [5.41, 5.74) is 3.52.